The van der Waals surface area contributed by atoms with Gasteiger partial charge in [0.15, 0.2) is 0 Å². The van der Waals surface area contributed by atoms with Gasteiger partial charge in [0.25, 0.3) is 0 Å². The fraction of sp³-hybridized carbons (Fsp3) is 0.562. The lowest BCUT2D eigenvalue weighted by Crippen LogP contribution is -2.47. The summed E-state index contributed by atoms with van der Waals surface area (Å²) in [6.45, 7) is 1.97. The van der Waals surface area contributed by atoms with Gasteiger partial charge in [-0.15, -0.1) is 0 Å². The van der Waals surface area contributed by atoms with Crippen molar-refractivity contribution in [2.75, 3.05) is 19.6 Å². The van der Waals surface area contributed by atoms with Gasteiger partial charge in [-0.25, -0.2) is 4.79 Å². The van der Waals surface area contributed by atoms with Gasteiger partial charge in [0.1, 0.15) is 0 Å². The van der Waals surface area contributed by atoms with Crippen LogP contribution in [0.4, 0.5) is 4.79 Å². The number of benzene rings is 1. The molecule has 4 heteroatoms. The van der Waals surface area contributed by atoms with Crippen molar-refractivity contribution in [3.05, 3.63) is 35.9 Å². The van der Waals surface area contributed by atoms with Crippen LogP contribution in [0.5, 0.6) is 0 Å². The lowest BCUT2D eigenvalue weighted by atomic mass is 10.1. The second kappa shape index (κ2) is 5.83. The Morgan fingerprint density at radius 2 is 2.15 bits per heavy atom. The fourth-order valence-corrected chi connectivity index (χ4v) is 3.05. The molecule has 0 aromatic heterocycles. The summed E-state index contributed by atoms with van der Waals surface area (Å²) in [7, 11) is 0. The standard InChI is InChI=1S/C16H22N2O2/c19-14-7-4-8-18(11-14)16(20)17-10-13-9-15(13)12-5-2-1-3-6-12/h1-3,5-6,13-15,19H,4,7-11H2,(H,17,20). The molecule has 1 aromatic rings. The molecule has 1 saturated carbocycles. The number of hydrogen-bond donors (Lipinski definition) is 2. The van der Waals surface area contributed by atoms with Crippen molar-refractivity contribution >= 4 is 6.03 Å². The van der Waals surface area contributed by atoms with Crippen LogP contribution in [0.15, 0.2) is 30.3 Å². The Balaban J connectivity index is 1.43. The van der Waals surface area contributed by atoms with Crippen LogP contribution in [-0.2, 0) is 0 Å². The quantitative estimate of drug-likeness (QED) is 0.885. The summed E-state index contributed by atoms with van der Waals surface area (Å²) in [5.41, 5.74) is 1.38. The number of nitrogens with one attached hydrogen (secondary N) is 1. The number of carbonyl (C=O) groups is 1. The number of nitrogens with zero attached hydrogens (tertiary/aromatic N) is 1. The maximum atomic E-state index is 12.0. The lowest BCUT2D eigenvalue weighted by Gasteiger charge is -2.30. The molecule has 3 rings (SSSR count). The van der Waals surface area contributed by atoms with Gasteiger partial charge < -0.3 is 15.3 Å². The van der Waals surface area contributed by atoms with E-state index in [1.807, 2.05) is 6.07 Å². The number of amides is 2. The van der Waals surface area contributed by atoms with E-state index < -0.39 is 0 Å². The summed E-state index contributed by atoms with van der Waals surface area (Å²) in [4.78, 5) is 13.8. The predicted octanol–water partition coefficient (Wildman–Crippen LogP) is 1.96. The van der Waals surface area contributed by atoms with Gasteiger partial charge in [0, 0.05) is 19.6 Å². The number of likely N-dealkylation sites (tertiary alicyclic amines) is 1. The van der Waals surface area contributed by atoms with Crippen LogP contribution in [-0.4, -0.2) is 41.8 Å². The van der Waals surface area contributed by atoms with Gasteiger partial charge in [-0.2, -0.15) is 0 Å². The third-order valence-corrected chi connectivity index (χ3v) is 4.35. The molecule has 0 radical (unpaired) electrons. The van der Waals surface area contributed by atoms with E-state index in [-0.39, 0.29) is 12.1 Å². The maximum Gasteiger partial charge on any atom is 0.317 e. The first-order valence-corrected chi connectivity index (χ1v) is 7.50. The van der Waals surface area contributed by atoms with E-state index in [2.05, 4.69) is 29.6 Å². The Morgan fingerprint density at radius 3 is 2.90 bits per heavy atom. The highest BCUT2D eigenvalue weighted by Gasteiger charge is 2.38. The minimum atomic E-state index is -0.354. The van der Waals surface area contributed by atoms with Gasteiger partial charge in [-0.1, -0.05) is 30.3 Å². The Labute approximate surface area is 119 Å². The first-order valence-electron chi connectivity index (χ1n) is 7.50. The zero-order valence-electron chi connectivity index (χ0n) is 11.7. The molecule has 0 spiro atoms. The van der Waals surface area contributed by atoms with Crippen molar-refractivity contribution in [2.24, 2.45) is 5.92 Å². The zero-order valence-corrected chi connectivity index (χ0v) is 11.7. The van der Waals surface area contributed by atoms with Crippen LogP contribution in [0, 0.1) is 5.92 Å². The summed E-state index contributed by atoms with van der Waals surface area (Å²) in [6.07, 6.45) is 2.51. The third-order valence-electron chi connectivity index (χ3n) is 4.35. The van der Waals surface area contributed by atoms with Crippen LogP contribution in [0.1, 0.15) is 30.7 Å². The molecule has 1 aliphatic carbocycles. The minimum Gasteiger partial charge on any atom is -0.391 e. The summed E-state index contributed by atoms with van der Waals surface area (Å²) in [5, 5.41) is 12.6. The molecular formula is C16H22N2O2. The minimum absolute atomic E-state index is 0.0255. The Bertz CT molecular complexity index is 463. The lowest BCUT2D eigenvalue weighted by molar-refractivity contribution is 0.0842. The van der Waals surface area contributed by atoms with Crippen molar-refractivity contribution in [1.82, 2.24) is 10.2 Å². The van der Waals surface area contributed by atoms with E-state index in [1.54, 1.807) is 4.90 Å². The summed E-state index contributed by atoms with van der Waals surface area (Å²) < 4.78 is 0. The molecule has 4 nitrogen and oxygen atoms in total. The summed E-state index contributed by atoms with van der Waals surface area (Å²) >= 11 is 0. The van der Waals surface area contributed by atoms with Crippen LogP contribution in [0.2, 0.25) is 0 Å². The number of hydrogen-bond acceptors (Lipinski definition) is 2. The molecule has 20 heavy (non-hydrogen) atoms. The van der Waals surface area contributed by atoms with Crippen molar-refractivity contribution in [3.63, 3.8) is 0 Å². The van der Waals surface area contributed by atoms with E-state index in [9.17, 15) is 9.90 Å². The molecular weight excluding hydrogens is 252 g/mol. The molecule has 3 unspecified atom stereocenters. The van der Waals surface area contributed by atoms with E-state index in [0.717, 1.165) is 32.4 Å². The monoisotopic (exact) mass is 274 g/mol. The third kappa shape index (κ3) is 3.12. The molecule has 1 heterocycles. The van der Waals surface area contributed by atoms with Crippen LogP contribution >= 0.6 is 0 Å². The summed E-state index contributed by atoms with van der Waals surface area (Å²) in [6, 6.07) is 10.5. The normalized spacial score (nSPS) is 29.1. The van der Waals surface area contributed by atoms with E-state index in [0.29, 0.717) is 18.4 Å². The number of rotatable bonds is 3. The highest BCUT2D eigenvalue weighted by molar-refractivity contribution is 5.74. The molecule has 0 bridgehead atoms. The maximum absolute atomic E-state index is 12.0. The van der Waals surface area contributed by atoms with E-state index in [1.165, 1.54) is 5.56 Å². The molecule has 1 aliphatic heterocycles. The average molecular weight is 274 g/mol. The topological polar surface area (TPSA) is 52.6 Å². The fourth-order valence-electron chi connectivity index (χ4n) is 3.05. The molecule has 1 saturated heterocycles. The smallest absolute Gasteiger partial charge is 0.317 e. The zero-order chi connectivity index (χ0) is 13.9. The molecule has 3 atom stereocenters. The predicted molar refractivity (Wildman–Crippen MR) is 77.5 cm³/mol. The highest BCUT2D eigenvalue weighted by Crippen LogP contribution is 2.46. The second-order valence-corrected chi connectivity index (χ2v) is 5.94. The number of β-amino-alcohol motifs (C(OH)–C–C–N with tert-alkyl or cyclic N) is 1. The molecule has 1 aromatic carbocycles. The molecule has 2 amide bonds. The number of carbonyl (C=O) groups excluding carboxylic acids is 1. The Kier molecular flexibility index (Phi) is 3.92. The largest absolute Gasteiger partial charge is 0.391 e. The SMILES string of the molecule is O=C(NCC1CC1c1ccccc1)N1CCCC(O)C1. The van der Waals surface area contributed by atoms with Gasteiger partial charge in [0.2, 0.25) is 0 Å². The number of aliphatic hydroxyl groups is 1. The Morgan fingerprint density at radius 1 is 1.35 bits per heavy atom. The van der Waals surface area contributed by atoms with Crippen molar-refractivity contribution in [2.45, 2.75) is 31.3 Å². The average Bonchev–Trinajstić information content (AvgIpc) is 3.25. The molecule has 2 N–H and O–H groups in total. The van der Waals surface area contributed by atoms with E-state index >= 15 is 0 Å². The van der Waals surface area contributed by atoms with E-state index in [4.69, 9.17) is 0 Å². The second-order valence-electron chi connectivity index (χ2n) is 5.94. The Hall–Kier alpha value is -1.55. The molecule has 108 valence electrons. The van der Waals surface area contributed by atoms with Gasteiger partial charge in [-0.05, 0) is 36.7 Å². The van der Waals surface area contributed by atoms with Gasteiger partial charge in [-0.3, -0.25) is 0 Å². The van der Waals surface area contributed by atoms with Gasteiger partial charge >= 0.3 is 6.03 Å². The first-order chi connectivity index (χ1) is 9.74. The molecule has 2 fully saturated rings. The van der Waals surface area contributed by atoms with Crippen LogP contribution < -0.4 is 5.32 Å². The number of urea groups is 1. The summed E-state index contributed by atoms with van der Waals surface area (Å²) in [5.74, 6) is 1.17. The van der Waals surface area contributed by atoms with Crippen molar-refractivity contribution in [1.29, 1.82) is 0 Å². The highest BCUT2D eigenvalue weighted by atomic mass is 16.3. The first kappa shape index (κ1) is 13.4. The molecule has 2 aliphatic rings. The van der Waals surface area contributed by atoms with Crippen LogP contribution in [0.3, 0.4) is 0 Å². The number of piperidine rings is 1. The van der Waals surface area contributed by atoms with Crippen LogP contribution in [0.25, 0.3) is 0 Å². The van der Waals surface area contributed by atoms with Gasteiger partial charge in [0.05, 0.1) is 6.10 Å². The van der Waals surface area contributed by atoms with Crippen molar-refractivity contribution < 1.29 is 9.90 Å². The number of aliphatic hydroxyl groups excluding tert-OH is 1. The van der Waals surface area contributed by atoms with Crippen molar-refractivity contribution in [3.8, 4) is 0 Å².